The van der Waals surface area contributed by atoms with Crippen molar-refractivity contribution >= 4 is 5.78 Å². The molecule has 0 amide bonds. The second kappa shape index (κ2) is 5.32. The number of aliphatic hydroxyl groups excluding tert-OH is 1. The van der Waals surface area contributed by atoms with E-state index in [0.717, 1.165) is 55.3 Å². The third kappa shape index (κ3) is 2.01. The van der Waals surface area contributed by atoms with E-state index < -0.39 is 0 Å². The molecule has 0 bridgehead atoms. The van der Waals surface area contributed by atoms with Gasteiger partial charge in [0.2, 0.25) is 0 Å². The highest BCUT2D eigenvalue weighted by Crippen LogP contribution is 2.69. The van der Waals surface area contributed by atoms with Crippen LogP contribution in [0.3, 0.4) is 0 Å². The van der Waals surface area contributed by atoms with E-state index in [9.17, 15) is 9.90 Å². The Bertz CT molecular complexity index is 542. The molecule has 5 aliphatic rings. The van der Waals surface area contributed by atoms with Gasteiger partial charge in [0.1, 0.15) is 5.78 Å². The number of hydrogen-bond acceptors (Lipinski definition) is 2. The molecule has 5 saturated carbocycles. The van der Waals surface area contributed by atoms with Gasteiger partial charge < -0.3 is 5.11 Å². The van der Waals surface area contributed by atoms with E-state index in [-0.39, 0.29) is 6.10 Å². The van der Waals surface area contributed by atoms with Gasteiger partial charge in [-0.05, 0) is 105 Å². The van der Waals surface area contributed by atoms with Gasteiger partial charge in [-0.15, -0.1) is 0 Å². The van der Waals surface area contributed by atoms with Gasteiger partial charge in [0.05, 0.1) is 6.10 Å². The zero-order valence-electron chi connectivity index (χ0n) is 15.3. The first-order valence-electron chi connectivity index (χ1n) is 10.7. The number of rotatable bonds is 0. The Kier molecular flexibility index (Phi) is 3.51. The van der Waals surface area contributed by atoms with Gasteiger partial charge >= 0.3 is 0 Å². The molecular weight excluding hydrogens is 296 g/mol. The predicted octanol–water partition coefficient (Wildman–Crippen LogP) is 4.74. The SMILES string of the molecule is C[C@]12CC[C@@H](O)C[C@@H]1CC[C@@H]1[C@@H]2CC[C@]23CC(=O)CC[C@H]2CC[C@@H]13. The van der Waals surface area contributed by atoms with Crippen LogP contribution < -0.4 is 0 Å². The number of carbonyl (C=O) groups excluding carboxylic acids is 1. The fourth-order valence-corrected chi connectivity index (χ4v) is 8.74. The molecule has 1 spiro atoms. The summed E-state index contributed by atoms with van der Waals surface area (Å²) >= 11 is 0. The third-order valence-corrected chi connectivity index (χ3v) is 9.83. The molecule has 0 aliphatic heterocycles. The van der Waals surface area contributed by atoms with Gasteiger partial charge in [-0.1, -0.05) is 6.92 Å². The van der Waals surface area contributed by atoms with Crippen molar-refractivity contribution in [3.63, 3.8) is 0 Å². The van der Waals surface area contributed by atoms with Crippen molar-refractivity contribution in [2.45, 2.75) is 90.1 Å². The van der Waals surface area contributed by atoms with Gasteiger partial charge in [-0.25, -0.2) is 0 Å². The Morgan fingerprint density at radius 3 is 2.62 bits per heavy atom. The number of ketones is 1. The minimum absolute atomic E-state index is 0.0404. The summed E-state index contributed by atoms with van der Waals surface area (Å²) in [5, 5.41) is 10.2. The van der Waals surface area contributed by atoms with Crippen LogP contribution in [0.25, 0.3) is 0 Å². The molecule has 0 aromatic heterocycles. The maximum absolute atomic E-state index is 12.3. The van der Waals surface area contributed by atoms with Gasteiger partial charge in [0.15, 0.2) is 0 Å². The summed E-state index contributed by atoms with van der Waals surface area (Å²) in [5.41, 5.74) is 0.883. The zero-order chi connectivity index (χ0) is 16.5. The topological polar surface area (TPSA) is 37.3 Å². The lowest BCUT2D eigenvalue weighted by Gasteiger charge is -2.62. The maximum atomic E-state index is 12.3. The first-order chi connectivity index (χ1) is 11.5. The first-order valence-corrected chi connectivity index (χ1v) is 10.7. The lowest BCUT2D eigenvalue weighted by atomic mass is 9.43. The van der Waals surface area contributed by atoms with Crippen LogP contribution in [0.5, 0.6) is 0 Å². The Morgan fingerprint density at radius 1 is 0.917 bits per heavy atom. The molecule has 5 fully saturated rings. The third-order valence-electron chi connectivity index (χ3n) is 9.83. The van der Waals surface area contributed by atoms with Crippen LogP contribution >= 0.6 is 0 Å². The second-order valence-electron chi connectivity index (χ2n) is 10.4. The molecule has 0 unspecified atom stereocenters. The zero-order valence-corrected chi connectivity index (χ0v) is 15.3. The predicted molar refractivity (Wildman–Crippen MR) is 94.4 cm³/mol. The van der Waals surface area contributed by atoms with Crippen LogP contribution in [-0.2, 0) is 4.79 Å². The van der Waals surface area contributed by atoms with Crippen LogP contribution in [0.4, 0.5) is 0 Å². The number of hydrogen-bond donors (Lipinski definition) is 1. The molecule has 5 aliphatic carbocycles. The van der Waals surface area contributed by atoms with E-state index in [1.165, 1.54) is 51.4 Å². The van der Waals surface area contributed by atoms with E-state index in [1.54, 1.807) is 0 Å². The highest BCUT2D eigenvalue weighted by Gasteiger charge is 2.62. The maximum Gasteiger partial charge on any atom is 0.133 e. The van der Waals surface area contributed by atoms with Crippen LogP contribution in [0.2, 0.25) is 0 Å². The van der Waals surface area contributed by atoms with Crippen molar-refractivity contribution in [1.82, 2.24) is 0 Å². The standard InChI is InChI=1S/C22H34O2/c1-21-10-8-16(23)12-15(21)3-6-18-19(21)9-11-22-13-17(24)5-2-14(22)4-7-20(18)22/h14-16,18-20,23H,2-13H2,1H3/t14-,15-,16+,18+,19-,20-,21-,22-/m0/s1. The monoisotopic (exact) mass is 330 g/mol. The summed E-state index contributed by atoms with van der Waals surface area (Å²) < 4.78 is 0. The molecule has 0 aromatic rings. The molecule has 0 saturated heterocycles. The van der Waals surface area contributed by atoms with Crippen molar-refractivity contribution < 1.29 is 9.90 Å². The van der Waals surface area contributed by atoms with E-state index in [2.05, 4.69) is 6.92 Å². The average Bonchev–Trinajstić information content (AvgIpc) is 2.94. The first kappa shape index (κ1) is 15.9. The summed E-state index contributed by atoms with van der Waals surface area (Å²) in [6.07, 6.45) is 14.5. The van der Waals surface area contributed by atoms with Crippen LogP contribution in [0, 0.1) is 40.4 Å². The van der Waals surface area contributed by atoms with Crippen LogP contribution in [-0.4, -0.2) is 17.0 Å². The number of aliphatic hydroxyl groups is 1. The van der Waals surface area contributed by atoms with Crippen LogP contribution in [0.15, 0.2) is 0 Å². The summed E-state index contributed by atoms with van der Waals surface area (Å²) in [4.78, 5) is 12.3. The van der Waals surface area contributed by atoms with E-state index in [0.29, 0.717) is 16.6 Å². The molecule has 0 radical (unpaired) electrons. The van der Waals surface area contributed by atoms with Gasteiger partial charge in [0.25, 0.3) is 0 Å². The summed E-state index contributed by atoms with van der Waals surface area (Å²) in [7, 11) is 0. The van der Waals surface area contributed by atoms with Gasteiger partial charge in [-0.3, -0.25) is 4.79 Å². The molecule has 0 aromatic carbocycles. The fourth-order valence-electron chi connectivity index (χ4n) is 8.74. The second-order valence-corrected chi connectivity index (χ2v) is 10.4. The Labute approximate surface area is 146 Å². The Hall–Kier alpha value is -0.370. The molecule has 5 rings (SSSR count). The summed E-state index contributed by atoms with van der Waals surface area (Å²) in [6.45, 7) is 2.57. The largest absolute Gasteiger partial charge is 0.393 e. The van der Waals surface area contributed by atoms with Gasteiger partial charge in [0, 0.05) is 12.8 Å². The number of carbonyl (C=O) groups is 1. The lowest BCUT2D eigenvalue weighted by Crippen LogP contribution is -2.55. The molecular formula is C22H34O2. The van der Waals surface area contributed by atoms with Crippen molar-refractivity contribution in [1.29, 1.82) is 0 Å². The summed E-state index contributed by atoms with van der Waals surface area (Å²) in [5.74, 6) is 4.77. The molecule has 8 atom stereocenters. The van der Waals surface area contributed by atoms with E-state index in [4.69, 9.17) is 0 Å². The molecule has 24 heavy (non-hydrogen) atoms. The van der Waals surface area contributed by atoms with Crippen molar-refractivity contribution in [3.05, 3.63) is 0 Å². The summed E-state index contributed by atoms with van der Waals surface area (Å²) in [6, 6.07) is 0. The number of Topliss-reactive ketones (excluding diaryl/α,β-unsaturated/α-hetero) is 1. The van der Waals surface area contributed by atoms with Crippen molar-refractivity contribution in [2.75, 3.05) is 0 Å². The minimum Gasteiger partial charge on any atom is -0.393 e. The highest BCUT2D eigenvalue weighted by atomic mass is 16.3. The minimum atomic E-state index is -0.0404. The fraction of sp³-hybridized carbons (Fsp3) is 0.955. The van der Waals surface area contributed by atoms with Gasteiger partial charge in [-0.2, -0.15) is 0 Å². The van der Waals surface area contributed by atoms with Crippen molar-refractivity contribution in [3.8, 4) is 0 Å². The molecule has 134 valence electrons. The lowest BCUT2D eigenvalue weighted by molar-refractivity contribution is -0.147. The smallest absolute Gasteiger partial charge is 0.133 e. The van der Waals surface area contributed by atoms with Crippen molar-refractivity contribution in [2.24, 2.45) is 40.4 Å². The Balaban J connectivity index is 1.45. The molecule has 0 heterocycles. The van der Waals surface area contributed by atoms with Crippen LogP contribution in [0.1, 0.15) is 84.0 Å². The van der Waals surface area contributed by atoms with E-state index >= 15 is 0 Å². The molecule has 2 heteroatoms. The average molecular weight is 331 g/mol. The molecule has 1 N–H and O–H groups in total. The molecule has 2 nitrogen and oxygen atoms in total. The number of fused-ring (bicyclic) bond motifs is 4. The highest BCUT2D eigenvalue weighted by molar-refractivity contribution is 5.80. The normalized spacial score (nSPS) is 56.8. The van der Waals surface area contributed by atoms with E-state index in [1.807, 2.05) is 0 Å². The Morgan fingerprint density at radius 2 is 1.75 bits per heavy atom. The quantitative estimate of drug-likeness (QED) is 0.696.